The number of nitrogens with one attached hydrogen (secondary N) is 1. The van der Waals surface area contributed by atoms with Crippen molar-refractivity contribution in [3.63, 3.8) is 0 Å². The van der Waals surface area contributed by atoms with Crippen molar-refractivity contribution < 1.29 is 9.53 Å². The van der Waals surface area contributed by atoms with E-state index in [-0.39, 0.29) is 5.91 Å². The normalized spacial score (nSPS) is 13.2. The monoisotopic (exact) mass is 314 g/mol. The molecule has 108 valence electrons. The van der Waals surface area contributed by atoms with Crippen LogP contribution in [-0.4, -0.2) is 18.1 Å². The Bertz CT molecular complexity index is 541. The van der Waals surface area contributed by atoms with Gasteiger partial charge < -0.3 is 10.1 Å². The van der Waals surface area contributed by atoms with E-state index in [9.17, 15) is 4.79 Å². The first kappa shape index (κ1) is 16.6. The first-order valence-electron chi connectivity index (χ1n) is 6.21. The fourth-order valence-electron chi connectivity index (χ4n) is 1.49. The predicted octanol–water partition coefficient (Wildman–Crippen LogP) is 3.49. The molecular formula is C14H16Cl2N2O2. The van der Waals surface area contributed by atoms with Crippen LogP contribution >= 0.6 is 23.2 Å². The van der Waals surface area contributed by atoms with Gasteiger partial charge in [-0.05, 0) is 38.0 Å². The summed E-state index contributed by atoms with van der Waals surface area (Å²) in [4.78, 5) is 11.9. The molecule has 1 rings (SSSR count). The molecule has 6 heteroatoms. The fraction of sp³-hybridized carbons (Fsp3) is 0.429. The molecule has 20 heavy (non-hydrogen) atoms. The molecule has 1 amide bonds. The van der Waals surface area contributed by atoms with Crippen LogP contribution in [0.3, 0.4) is 0 Å². The molecule has 0 spiro atoms. The number of nitriles is 1. The molecule has 1 N–H and O–H groups in total. The van der Waals surface area contributed by atoms with Crippen molar-refractivity contribution >= 4 is 29.1 Å². The van der Waals surface area contributed by atoms with Gasteiger partial charge in [-0.25, -0.2) is 0 Å². The third-order valence-electron chi connectivity index (χ3n) is 2.84. The van der Waals surface area contributed by atoms with Crippen molar-refractivity contribution in [2.24, 2.45) is 0 Å². The number of carbonyl (C=O) groups is 1. The second-order valence-corrected chi connectivity index (χ2v) is 5.13. The van der Waals surface area contributed by atoms with Crippen LogP contribution < -0.4 is 10.1 Å². The lowest BCUT2D eigenvalue weighted by atomic mass is 10.2. The van der Waals surface area contributed by atoms with E-state index in [1.54, 1.807) is 26.0 Å². The average Bonchev–Trinajstić information content (AvgIpc) is 2.44. The van der Waals surface area contributed by atoms with E-state index >= 15 is 0 Å². The highest BCUT2D eigenvalue weighted by molar-refractivity contribution is 6.36. The Labute approximate surface area is 128 Å². The SMILES string of the molecule is CCC(C#N)NC(=O)C(C)Oc1ccc(Cl)c(C)c1Cl. The van der Waals surface area contributed by atoms with Gasteiger partial charge in [0.15, 0.2) is 6.10 Å². The van der Waals surface area contributed by atoms with Crippen LogP contribution in [0, 0.1) is 18.3 Å². The minimum atomic E-state index is -0.754. The fourth-order valence-corrected chi connectivity index (χ4v) is 1.90. The Morgan fingerprint density at radius 3 is 2.70 bits per heavy atom. The molecule has 0 saturated carbocycles. The second kappa shape index (κ2) is 7.37. The van der Waals surface area contributed by atoms with E-state index in [0.29, 0.717) is 27.8 Å². The molecular weight excluding hydrogens is 299 g/mol. The lowest BCUT2D eigenvalue weighted by molar-refractivity contribution is -0.127. The molecule has 2 atom stereocenters. The smallest absolute Gasteiger partial charge is 0.261 e. The number of halogens is 2. The number of hydrogen-bond donors (Lipinski definition) is 1. The van der Waals surface area contributed by atoms with Gasteiger partial charge in [0, 0.05) is 5.02 Å². The number of benzene rings is 1. The number of ether oxygens (including phenoxy) is 1. The highest BCUT2D eigenvalue weighted by Crippen LogP contribution is 2.33. The highest BCUT2D eigenvalue weighted by atomic mass is 35.5. The van der Waals surface area contributed by atoms with E-state index in [1.165, 1.54) is 0 Å². The third-order valence-corrected chi connectivity index (χ3v) is 3.72. The molecule has 0 aromatic heterocycles. The molecule has 0 radical (unpaired) electrons. The standard InChI is InChI=1S/C14H16Cl2N2O2/c1-4-10(7-17)18-14(19)9(3)20-12-6-5-11(15)8(2)13(12)16/h5-6,9-10H,4H2,1-3H3,(H,18,19). The lowest BCUT2D eigenvalue weighted by Gasteiger charge is -2.18. The van der Waals surface area contributed by atoms with Crippen LogP contribution in [-0.2, 0) is 4.79 Å². The summed E-state index contributed by atoms with van der Waals surface area (Å²) < 4.78 is 5.52. The lowest BCUT2D eigenvalue weighted by Crippen LogP contribution is -2.41. The van der Waals surface area contributed by atoms with Gasteiger partial charge in [0.05, 0.1) is 11.1 Å². The number of hydrogen-bond acceptors (Lipinski definition) is 3. The molecule has 0 heterocycles. The molecule has 0 aliphatic heterocycles. The molecule has 0 fully saturated rings. The minimum absolute atomic E-state index is 0.359. The van der Waals surface area contributed by atoms with Crippen molar-refractivity contribution in [2.75, 3.05) is 0 Å². The number of carbonyl (C=O) groups excluding carboxylic acids is 1. The van der Waals surface area contributed by atoms with E-state index in [0.717, 1.165) is 0 Å². The van der Waals surface area contributed by atoms with Crippen molar-refractivity contribution in [3.05, 3.63) is 27.7 Å². The summed E-state index contributed by atoms with van der Waals surface area (Å²) in [5.41, 5.74) is 0.696. The van der Waals surface area contributed by atoms with Crippen molar-refractivity contribution in [2.45, 2.75) is 39.3 Å². The molecule has 0 aliphatic carbocycles. The van der Waals surface area contributed by atoms with E-state index in [2.05, 4.69) is 5.32 Å². The average molecular weight is 315 g/mol. The molecule has 0 bridgehead atoms. The first-order chi connectivity index (χ1) is 9.40. The quantitative estimate of drug-likeness (QED) is 0.905. The maximum atomic E-state index is 11.9. The first-order valence-corrected chi connectivity index (χ1v) is 6.97. The van der Waals surface area contributed by atoms with E-state index in [4.69, 9.17) is 33.2 Å². The number of amides is 1. The molecule has 1 aromatic carbocycles. The van der Waals surface area contributed by atoms with Gasteiger partial charge in [-0.2, -0.15) is 5.26 Å². The van der Waals surface area contributed by atoms with Crippen LogP contribution in [0.2, 0.25) is 10.0 Å². The molecule has 2 unspecified atom stereocenters. The predicted molar refractivity (Wildman–Crippen MR) is 79.1 cm³/mol. The second-order valence-electron chi connectivity index (χ2n) is 4.34. The summed E-state index contributed by atoms with van der Waals surface area (Å²) >= 11 is 12.1. The molecule has 0 saturated heterocycles. The molecule has 4 nitrogen and oxygen atoms in total. The molecule has 1 aromatic rings. The van der Waals surface area contributed by atoms with Gasteiger partial charge in [0.2, 0.25) is 0 Å². The summed E-state index contributed by atoms with van der Waals surface area (Å²) in [7, 11) is 0. The zero-order valence-electron chi connectivity index (χ0n) is 11.5. The van der Waals surface area contributed by atoms with Gasteiger partial charge in [0.1, 0.15) is 11.8 Å². The van der Waals surface area contributed by atoms with Gasteiger partial charge in [-0.1, -0.05) is 30.1 Å². The van der Waals surface area contributed by atoms with Crippen LogP contribution in [0.4, 0.5) is 0 Å². The third kappa shape index (κ3) is 4.03. The number of rotatable bonds is 5. The topological polar surface area (TPSA) is 62.1 Å². The highest BCUT2D eigenvalue weighted by Gasteiger charge is 2.19. The van der Waals surface area contributed by atoms with Crippen LogP contribution in [0.1, 0.15) is 25.8 Å². The summed E-state index contributed by atoms with van der Waals surface area (Å²) in [5.74, 6) is 0.0308. The van der Waals surface area contributed by atoms with Crippen molar-refractivity contribution in [1.82, 2.24) is 5.32 Å². The van der Waals surface area contributed by atoms with Crippen LogP contribution in [0.15, 0.2) is 12.1 Å². The van der Waals surface area contributed by atoms with Crippen LogP contribution in [0.5, 0.6) is 5.75 Å². The van der Waals surface area contributed by atoms with Crippen molar-refractivity contribution in [3.8, 4) is 11.8 Å². The zero-order chi connectivity index (χ0) is 15.3. The summed E-state index contributed by atoms with van der Waals surface area (Å²) in [5, 5.41) is 12.3. The maximum absolute atomic E-state index is 11.9. The Morgan fingerprint density at radius 2 is 2.15 bits per heavy atom. The van der Waals surface area contributed by atoms with Gasteiger partial charge in [0.25, 0.3) is 5.91 Å². The zero-order valence-corrected chi connectivity index (χ0v) is 13.0. The molecule has 0 aliphatic rings. The van der Waals surface area contributed by atoms with Gasteiger partial charge in [-0.15, -0.1) is 0 Å². The Morgan fingerprint density at radius 1 is 1.50 bits per heavy atom. The summed E-state index contributed by atoms with van der Waals surface area (Å²) in [6.07, 6.45) is -0.217. The van der Waals surface area contributed by atoms with Gasteiger partial charge in [-0.3, -0.25) is 4.79 Å². The Balaban J connectivity index is 2.76. The number of nitrogens with zero attached hydrogens (tertiary/aromatic N) is 1. The van der Waals surface area contributed by atoms with Gasteiger partial charge >= 0.3 is 0 Å². The summed E-state index contributed by atoms with van der Waals surface area (Å²) in [6, 6.07) is 4.75. The van der Waals surface area contributed by atoms with E-state index in [1.807, 2.05) is 13.0 Å². The van der Waals surface area contributed by atoms with Crippen LogP contribution in [0.25, 0.3) is 0 Å². The maximum Gasteiger partial charge on any atom is 0.261 e. The Hall–Kier alpha value is -1.44. The largest absolute Gasteiger partial charge is 0.479 e. The Kier molecular flexibility index (Phi) is 6.12. The van der Waals surface area contributed by atoms with E-state index < -0.39 is 12.1 Å². The summed E-state index contributed by atoms with van der Waals surface area (Å²) in [6.45, 7) is 5.18. The minimum Gasteiger partial charge on any atom is -0.479 e. The van der Waals surface area contributed by atoms with Crippen molar-refractivity contribution in [1.29, 1.82) is 5.26 Å².